The highest BCUT2D eigenvalue weighted by atomic mass is 15.1. The summed E-state index contributed by atoms with van der Waals surface area (Å²) in [5, 5.41) is 0.738. The van der Waals surface area contributed by atoms with Crippen LogP contribution in [0.25, 0.3) is 11.0 Å². The van der Waals surface area contributed by atoms with E-state index in [0.717, 1.165) is 11.1 Å². The maximum absolute atomic E-state index is 5.75. The fourth-order valence-electron chi connectivity index (χ4n) is 1.47. The van der Waals surface area contributed by atoms with E-state index in [1.807, 2.05) is 12.1 Å². The quantitative estimate of drug-likeness (QED) is 0.697. The zero-order chi connectivity index (χ0) is 11.9. The van der Waals surface area contributed by atoms with Gasteiger partial charge in [0.25, 0.3) is 0 Å². The van der Waals surface area contributed by atoms with Gasteiger partial charge in [-0.2, -0.15) is 9.97 Å². The molecule has 0 aliphatic carbocycles. The van der Waals surface area contributed by atoms with Gasteiger partial charge in [0, 0.05) is 11.1 Å². The molecule has 2 rings (SSSR count). The number of nitrogens with zero attached hydrogens (tertiary/aromatic N) is 3. The van der Waals surface area contributed by atoms with Crippen LogP contribution >= 0.6 is 0 Å². The van der Waals surface area contributed by atoms with Gasteiger partial charge in [0.05, 0.1) is 5.39 Å². The van der Waals surface area contributed by atoms with Crippen LogP contribution in [0.4, 0.5) is 11.8 Å². The fraction of sp³-hybridized carbons (Fsp3) is 0.364. The number of pyridine rings is 1. The molecule has 0 amide bonds. The van der Waals surface area contributed by atoms with Crippen molar-refractivity contribution >= 4 is 22.8 Å². The van der Waals surface area contributed by atoms with E-state index in [1.54, 1.807) is 0 Å². The molecule has 4 N–H and O–H groups in total. The Morgan fingerprint density at radius 1 is 1.00 bits per heavy atom. The van der Waals surface area contributed by atoms with Crippen molar-refractivity contribution in [3.8, 4) is 0 Å². The van der Waals surface area contributed by atoms with Gasteiger partial charge in [0.15, 0.2) is 5.65 Å². The molecule has 2 aromatic heterocycles. The van der Waals surface area contributed by atoms with Crippen LogP contribution in [-0.4, -0.2) is 15.0 Å². The average molecular weight is 217 g/mol. The van der Waals surface area contributed by atoms with Crippen molar-refractivity contribution < 1.29 is 0 Å². The van der Waals surface area contributed by atoms with Crippen molar-refractivity contribution in [2.45, 2.75) is 26.2 Å². The summed E-state index contributed by atoms with van der Waals surface area (Å²) in [6.45, 7) is 6.28. The van der Waals surface area contributed by atoms with Crippen LogP contribution in [0.2, 0.25) is 0 Å². The highest BCUT2D eigenvalue weighted by Gasteiger charge is 2.16. The largest absolute Gasteiger partial charge is 0.383 e. The molecule has 2 aromatic rings. The Kier molecular flexibility index (Phi) is 2.18. The van der Waals surface area contributed by atoms with Gasteiger partial charge >= 0.3 is 0 Å². The number of nitrogen functional groups attached to an aromatic ring is 2. The molecule has 0 atom stereocenters. The lowest BCUT2D eigenvalue weighted by Gasteiger charge is -2.17. The number of nitrogens with two attached hydrogens (primary N) is 2. The molecule has 0 fully saturated rings. The number of fused-ring (bicyclic) bond motifs is 1. The van der Waals surface area contributed by atoms with Gasteiger partial charge in [-0.15, -0.1) is 0 Å². The van der Waals surface area contributed by atoms with E-state index in [1.165, 1.54) is 0 Å². The van der Waals surface area contributed by atoms with Gasteiger partial charge < -0.3 is 11.5 Å². The summed E-state index contributed by atoms with van der Waals surface area (Å²) in [6.07, 6.45) is 0. The standard InChI is InChI=1S/C11H15N5/c1-11(2,3)7-5-4-6-8(12)15-10(13)16-9(6)14-7/h4-5H,1-3H3,(H4,12,13,14,15,16). The topological polar surface area (TPSA) is 90.7 Å². The third kappa shape index (κ3) is 1.76. The lowest BCUT2D eigenvalue weighted by atomic mass is 9.91. The highest BCUT2D eigenvalue weighted by molar-refractivity contribution is 5.86. The molecule has 0 aromatic carbocycles. The molecule has 0 aliphatic rings. The fourth-order valence-corrected chi connectivity index (χ4v) is 1.47. The van der Waals surface area contributed by atoms with Crippen LogP contribution in [0, 0.1) is 0 Å². The lowest BCUT2D eigenvalue weighted by Crippen LogP contribution is -2.14. The monoisotopic (exact) mass is 217 g/mol. The first-order valence-corrected chi connectivity index (χ1v) is 5.08. The number of aromatic nitrogens is 3. The molecule has 0 radical (unpaired) electrons. The maximum Gasteiger partial charge on any atom is 0.224 e. The minimum absolute atomic E-state index is 0.0251. The Hall–Kier alpha value is -1.91. The van der Waals surface area contributed by atoms with Crippen molar-refractivity contribution in [2.75, 3.05) is 11.5 Å². The second-order valence-corrected chi connectivity index (χ2v) is 4.78. The van der Waals surface area contributed by atoms with E-state index in [4.69, 9.17) is 11.5 Å². The van der Waals surface area contributed by atoms with E-state index < -0.39 is 0 Å². The maximum atomic E-state index is 5.75. The SMILES string of the molecule is CC(C)(C)c1ccc2c(N)nc(N)nc2n1. The van der Waals surface area contributed by atoms with Gasteiger partial charge in [-0.25, -0.2) is 4.98 Å². The van der Waals surface area contributed by atoms with Gasteiger partial charge in [-0.3, -0.25) is 0 Å². The van der Waals surface area contributed by atoms with E-state index >= 15 is 0 Å². The molecule has 0 saturated carbocycles. The third-order valence-corrected chi connectivity index (χ3v) is 2.37. The van der Waals surface area contributed by atoms with Gasteiger partial charge in [-0.1, -0.05) is 20.8 Å². The number of anilines is 2. The summed E-state index contributed by atoms with van der Waals surface area (Å²) < 4.78 is 0. The summed E-state index contributed by atoms with van der Waals surface area (Å²) in [7, 11) is 0. The Balaban J connectivity index is 2.71. The van der Waals surface area contributed by atoms with E-state index in [0.29, 0.717) is 11.5 Å². The first-order chi connectivity index (χ1) is 7.38. The average Bonchev–Trinajstić information content (AvgIpc) is 2.15. The molecular formula is C11H15N5. The number of hydrogen-bond donors (Lipinski definition) is 2. The summed E-state index contributed by atoms with van der Waals surface area (Å²) in [6, 6.07) is 3.83. The van der Waals surface area contributed by atoms with Crippen LogP contribution < -0.4 is 11.5 Å². The molecule has 2 heterocycles. The smallest absolute Gasteiger partial charge is 0.224 e. The lowest BCUT2D eigenvalue weighted by molar-refractivity contribution is 0.571. The summed E-state index contributed by atoms with van der Waals surface area (Å²) in [4.78, 5) is 12.4. The van der Waals surface area contributed by atoms with E-state index in [9.17, 15) is 0 Å². The van der Waals surface area contributed by atoms with E-state index in [-0.39, 0.29) is 11.4 Å². The molecule has 0 saturated heterocycles. The molecule has 16 heavy (non-hydrogen) atoms. The predicted molar refractivity (Wildman–Crippen MR) is 64.9 cm³/mol. The first kappa shape index (κ1) is 10.6. The Morgan fingerprint density at radius 3 is 2.31 bits per heavy atom. The van der Waals surface area contributed by atoms with Crippen molar-refractivity contribution in [1.82, 2.24) is 15.0 Å². The number of rotatable bonds is 0. The second kappa shape index (κ2) is 3.30. The van der Waals surface area contributed by atoms with E-state index in [2.05, 4.69) is 35.7 Å². The highest BCUT2D eigenvalue weighted by Crippen LogP contribution is 2.24. The van der Waals surface area contributed by atoms with Crippen LogP contribution in [0.1, 0.15) is 26.5 Å². The van der Waals surface area contributed by atoms with Crippen molar-refractivity contribution in [1.29, 1.82) is 0 Å². The van der Waals surface area contributed by atoms with Crippen molar-refractivity contribution in [3.63, 3.8) is 0 Å². The molecule has 5 heteroatoms. The molecule has 0 spiro atoms. The molecule has 0 bridgehead atoms. The van der Waals surface area contributed by atoms with Gasteiger partial charge in [0.1, 0.15) is 5.82 Å². The molecule has 0 unspecified atom stereocenters. The predicted octanol–water partition coefficient (Wildman–Crippen LogP) is 1.49. The number of hydrogen-bond acceptors (Lipinski definition) is 5. The van der Waals surface area contributed by atoms with Crippen molar-refractivity contribution in [3.05, 3.63) is 17.8 Å². The van der Waals surface area contributed by atoms with Gasteiger partial charge in [-0.05, 0) is 12.1 Å². The Bertz CT molecular complexity index is 542. The van der Waals surface area contributed by atoms with Crippen LogP contribution in [0.3, 0.4) is 0 Å². The molecule has 0 aliphatic heterocycles. The van der Waals surface area contributed by atoms with Crippen LogP contribution in [0.5, 0.6) is 0 Å². The third-order valence-electron chi connectivity index (χ3n) is 2.37. The van der Waals surface area contributed by atoms with Crippen LogP contribution in [0.15, 0.2) is 12.1 Å². The minimum atomic E-state index is -0.0251. The molecule has 84 valence electrons. The zero-order valence-corrected chi connectivity index (χ0v) is 9.65. The zero-order valence-electron chi connectivity index (χ0n) is 9.65. The Morgan fingerprint density at radius 2 is 1.69 bits per heavy atom. The van der Waals surface area contributed by atoms with Crippen LogP contribution in [-0.2, 0) is 5.41 Å². The molecular weight excluding hydrogens is 202 g/mol. The summed E-state index contributed by atoms with van der Waals surface area (Å²) in [5.74, 6) is 0.527. The second-order valence-electron chi connectivity index (χ2n) is 4.78. The minimum Gasteiger partial charge on any atom is -0.383 e. The Labute approximate surface area is 93.9 Å². The van der Waals surface area contributed by atoms with Gasteiger partial charge in [0.2, 0.25) is 5.95 Å². The molecule has 5 nitrogen and oxygen atoms in total. The summed E-state index contributed by atoms with van der Waals surface area (Å²) in [5.41, 5.74) is 12.8. The summed E-state index contributed by atoms with van der Waals surface area (Å²) >= 11 is 0. The first-order valence-electron chi connectivity index (χ1n) is 5.08. The van der Waals surface area contributed by atoms with Crippen molar-refractivity contribution in [2.24, 2.45) is 0 Å². The normalized spacial score (nSPS) is 11.9.